The number of nitrogens with zero attached hydrogens (tertiary/aromatic N) is 2. The summed E-state index contributed by atoms with van der Waals surface area (Å²) in [6.07, 6.45) is 4.73. The van der Waals surface area contributed by atoms with Crippen LogP contribution in [0.1, 0.15) is 10.4 Å². The van der Waals surface area contributed by atoms with Crippen LogP contribution < -0.4 is 10.9 Å². The van der Waals surface area contributed by atoms with Crippen molar-refractivity contribution in [3.05, 3.63) is 58.8 Å². The monoisotopic (exact) mass is 229 g/mol. The second kappa shape index (κ2) is 4.61. The lowest BCUT2D eigenvalue weighted by molar-refractivity contribution is 0.102. The maximum atomic E-state index is 11.8. The standard InChI is InChI=1S/C12H11N3O2/c1-15-7-4-9(8-11(15)16)12(17)14-10-2-5-13-6-3-10/h2-8H,1H3,(H,13,14,17). The number of aryl methyl sites for hydroxylation is 1. The summed E-state index contributed by atoms with van der Waals surface area (Å²) in [5.41, 5.74) is 0.767. The molecule has 86 valence electrons. The van der Waals surface area contributed by atoms with Crippen molar-refractivity contribution >= 4 is 11.6 Å². The average molecular weight is 229 g/mol. The molecule has 0 aliphatic carbocycles. The summed E-state index contributed by atoms with van der Waals surface area (Å²) in [5.74, 6) is -0.311. The van der Waals surface area contributed by atoms with E-state index < -0.39 is 0 Å². The Bertz CT molecular complexity index is 590. The molecule has 0 aliphatic heterocycles. The van der Waals surface area contributed by atoms with E-state index in [0.717, 1.165) is 0 Å². The van der Waals surface area contributed by atoms with Gasteiger partial charge in [-0.25, -0.2) is 0 Å². The van der Waals surface area contributed by atoms with Gasteiger partial charge in [-0.05, 0) is 18.2 Å². The highest BCUT2D eigenvalue weighted by Gasteiger charge is 2.06. The van der Waals surface area contributed by atoms with Gasteiger partial charge in [-0.3, -0.25) is 14.6 Å². The summed E-state index contributed by atoms with van der Waals surface area (Å²) in [5, 5.41) is 2.68. The van der Waals surface area contributed by atoms with Crippen LogP contribution in [0.2, 0.25) is 0 Å². The van der Waals surface area contributed by atoms with Gasteiger partial charge in [0.25, 0.3) is 11.5 Å². The lowest BCUT2D eigenvalue weighted by atomic mass is 10.2. The maximum absolute atomic E-state index is 11.8. The molecule has 0 fully saturated rings. The number of carbonyl (C=O) groups excluding carboxylic acids is 1. The first-order valence-corrected chi connectivity index (χ1v) is 5.05. The van der Waals surface area contributed by atoms with Crippen molar-refractivity contribution in [2.75, 3.05) is 5.32 Å². The number of anilines is 1. The van der Waals surface area contributed by atoms with Gasteiger partial charge >= 0.3 is 0 Å². The molecule has 0 bridgehead atoms. The Labute approximate surface area is 97.7 Å². The molecule has 0 atom stereocenters. The van der Waals surface area contributed by atoms with E-state index in [0.29, 0.717) is 11.3 Å². The van der Waals surface area contributed by atoms with Crippen molar-refractivity contribution in [1.29, 1.82) is 0 Å². The second-order valence-electron chi connectivity index (χ2n) is 3.55. The summed E-state index contributed by atoms with van der Waals surface area (Å²) in [4.78, 5) is 27.0. The van der Waals surface area contributed by atoms with Gasteiger partial charge in [-0.2, -0.15) is 0 Å². The van der Waals surface area contributed by atoms with Crippen LogP contribution in [0, 0.1) is 0 Å². The van der Waals surface area contributed by atoms with Gasteiger partial charge in [-0.1, -0.05) is 0 Å². The molecule has 2 rings (SSSR count). The van der Waals surface area contributed by atoms with Crippen LogP contribution in [0.15, 0.2) is 47.7 Å². The molecule has 2 heterocycles. The van der Waals surface area contributed by atoms with Crippen molar-refractivity contribution in [3.8, 4) is 0 Å². The predicted molar refractivity (Wildman–Crippen MR) is 63.9 cm³/mol. The molecular formula is C12H11N3O2. The van der Waals surface area contributed by atoms with Crippen molar-refractivity contribution in [1.82, 2.24) is 9.55 Å². The first kappa shape index (κ1) is 11.1. The van der Waals surface area contributed by atoms with Gasteiger partial charge in [0.2, 0.25) is 0 Å². The number of hydrogen-bond donors (Lipinski definition) is 1. The Hall–Kier alpha value is -2.43. The Morgan fingerprint density at radius 1 is 1.29 bits per heavy atom. The molecule has 2 aromatic heterocycles. The Kier molecular flexibility index (Phi) is 3.00. The minimum atomic E-state index is -0.311. The van der Waals surface area contributed by atoms with Gasteiger partial charge in [0.15, 0.2) is 0 Å². The van der Waals surface area contributed by atoms with Gasteiger partial charge in [0.05, 0.1) is 0 Å². The minimum absolute atomic E-state index is 0.215. The Morgan fingerprint density at radius 2 is 2.00 bits per heavy atom. The molecule has 0 aromatic carbocycles. The first-order chi connectivity index (χ1) is 8.16. The lowest BCUT2D eigenvalue weighted by Gasteiger charge is -2.04. The van der Waals surface area contributed by atoms with Gasteiger partial charge in [0.1, 0.15) is 0 Å². The van der Waals surface area contributed by atoms with E-state index in [4.69, 9.17) is 0 Å². The van der Waals surface area contributed by atoms with Crippen molar-refractivity contribution in [2.45, 2.75) is 0 Å². The summed E-state index contributed by atoms with van der Waals surface area (Å²) in [6, 6.07) is 6.26. The fourth-order valence-electron chi connectivity index (χ4n) is 1.33. The molecule has 1 N–H and O–H groups in total. The molecular weight excluding hydrogens is 218 g/mol. The van der Waals surface area contributed by atoms with Crippen LogP contribution in [0.4, 0.5) is 5.69 Å². The number of amides is 1. The van der Waals surface area contributed by atoms with Gasteiger partial charge in [-0.15, -0.1) is 0 Å². The van der Waals surface area contributed by atoms with Crippen LogP contribution in [0.25, 0.3) is 0 Å². The quantitative estimate of drug-likeness (QED) is 0.836. The molecule has 17 heavy (non-hydrogen) atoms. The number of nitrogens with one attached hydrogen (secondary N) is 1. The molecule has 0 saturated carbocycles. The zero-order valence-electron chi connectivity index (χ0n) is 9.25. The third kappa shape index (κ3) is 2.57. The van der Waals surface area contributed by atoms with E-state index in [1.807, 2.05) is 0 Å². The second-order valence-corrected chi connectivity index (χ2v) is 3.55. The minimum Gasteiger partial charge on any atom is -0.322 e. The van der Waals surface area contributed by atoms with Gasteiger partial charge < -0.3 is 9.88 Å². The molecule has 0 unspecified atom stereocenters. The summed E-state index contributed by atoms with van der Waals surface area (Å²) >= 11 is 0. The van der Waals surface area contributed by atoms with Crippen LogP contribution in [-0.2, 0) is 7.05 Å². The summed E-state index contributed by atoms with van der Waals surface area (Å²) < 4.78 is 1.41. The molecule has 5 heteroatoms. The molecule has 5 nitrogen and oxygen atoms in total. The molecule has 0 spiro atoms. The highest BCUT2D eigenvalue weighted by atomic mass is 16.2. The van der Waals surface area contributed by atoms with E-state index in [2.05, 4.69) is 10.3 Å². The normalized spacial score (nSPS) is 9.94. The van der Waals surface area contributed by atoms with Crippen LogP contribution in [-0.4, -0.2) is 15.5 Å². The SMILES string of the molecule is Cn1ccc(C(=O)Nc2ccncc2)cc1=O. The molecule has 0 radical (unpaired) electrons. The van der Waals surface area contributed by atoms with Crippen LogP contribution in [0.3, 0.4) is 0 Å². The fraction of sp³-hybridized carbons (Fsp3) is 0.0833. The Balaban J connectivity index is 2.21. The number of hydrogen-bond acceptors (Lipinski definition) is 3. The molecule has 2 aromatic rings. The van der Waals surface area contributed by atoms with E-state index in [1.54, 1.807) is 43.8 Å². The first-order valence-electron chi connectivity index (χ1n) is 5.05. The van der Waals surface area contributed by atoms with E-state index >= 15 is 0 Å². The topological polar surface area (TPSA) is 64.0 Å². The predicted octanol–water partition coefficient (Wildman–Crippen LogP) is 1.03. The van der Waals surface area contributed by atoms with E-state index in [-0.39, 0.29) is 11.5 Å². The van der Waals surface area contributed by atoms with Gasteiger partial charge in [0, 0.05) is 43.0 Å². The third-order valence-electron chi connectivity index (χ3n) is 2.30. The van der Waals surface area contributed by atoms with E-state index in [1.165, 1.54) is 10.6 Å². The lowest BCUT2D eigenvalue weighted by Crippen LogP contribution is -2.19. The van der Waals surface area contributed by atoms with E-state index in [9.17, 15) is 9.59 Å². The third-order valence-corrected chi connectivity index (χ3v) is 2.30. The fourth-order valence-corrected chi connectivity index (χ4v) is 1.33. The van der Waals surface area contributed by atoms with Crippen molar-refractivity contribution in [3.63, 3.8) is 0 Å². The number of pyridine rings is 2. The number of rotatable bonds is 2. The van der Waals surface area contributed by atoms with Crippen molar-refractivity contribution < 1.29 is 4.79 Å². The molecule has 0 saturated heterocycles. The zero-order valence-corrected chi connectivity index (χ0v) is 9.25. The maximum Gasteiger partial charge on any atom is 0.255 e. The van der Waals surface area contributed by atoms with Crippen LogP contribution in [0.5, 0.6) is 0 Å². The number of aromatic nitrogens is 2. The van der Waals surface area contributed by atoms with Crippen LogP contribution >= 0.6 is 0 Å². The largest absolute Gasteiger partial charge is 0.322 e. The summed E-state index contributed by atoms with van der Waals surface area (Å²) in [6.45, 7) is 0. The highest BCUT2D eigenvalue weighted by Crippen LogP contribution is 2.06. The number of carbonyl (C=O) groups is 1. The smallest absolute Gasteiger partial charge is 0.255 e. The highest BCUT2D eigenvalue weighted by molar-refractivity contribution is 6.04. The summed E-state index contributed by atoms with van der Waals surface area (Å²) in [7, 11) is 1.63. The average Bonchev–Trinajstić information content (AvgIpc) is 2.34. The Morgan fingerprint density at radius 3 is 2.65 bits per heavy atom. The zero-order chi connectivity index (χ0) is 12.3. The van der Waals surface area contributed by atoms with Crippen molar-refractivity contribution in [2.24, 2.45) is 7.05 Å². The molecule has 1 amide bonds. The molecule has 0 aliphatic rings.